The van der Waals surface area contributed by atoms with Crippen molar-refractivity contribution in [3.63, 3.8) is 0 Å². The summed E-state index contributed by atoms with van der Waals surface area (Å²) in [7, 11) is 0. The van der Waals surface area contributed by atoms with Gasteiger partial charge in [-0.25, -0.2) is 0 Å². The van der Waals surface area contributed by atoms with Crippen molar-refractivity contribution < 1.29 is 9.52 Å². The quantitative estimate of drug-likeness (QED) is 0.385. The molecule has 0 aliphatic heterocycles. The Bertz CT molecular complexity index is 262. The maximum atomic E-state index is 10.7. The lowest BCUT2D eigenvalue weighted by molar-refractivity contribution is -0.607. The van der Waals surface area contributed by atoms with E-state index in [1.807, 2.05) is 0 Å². The van der Waals surface area contributed by atoms with Gasteiger partial charge in [-0.15, -0.1) is 0 Å². The van der Waals surface area contributed by atoms with E-state index >= 15 is 0 Å². The molecule has 0 amide bonds. The van der Waals surface area contributed by atoms with E-state index in [4.69, 9.17) is 0 Å². The molecule has 0 bridgehead atoms. The van der Waals surface area contributed by atoms with Gasteiger partial charge < -0.3 is 5.21 Å². The van der Waals surface area contributed by atoms with E-state index in [0.29, 0.717) is 15.5 Å². The van der Waals surface area contributed by atoms with Gasteiger partial charge in [0.1, 0.15) is 0 Å². The predicted octanol–water partition coefficient (Wildman–Crippen LogP) is 0.895. The zero-order valence-electron chi connectivity index (χ0n) is 4.95. The summed E-state index contributed by atoms with van der Waals surface area (Å²) in [5.74, 6) is 0. The van der Waals surface area contributed by atoms with E-state index < -0.39 is 0 Å². The van der Waals surface area contributed by atoms with Gasteiger partial charge in [0.05, 0.1) is 4.47 Å². The minimum atomic E-state index is 0.114. The summed E-state index contributed by atoms with van der Waals surface area (Å²) in [6, 6.07) is 3.09. The lowest BCUT2D eigenvalue weighted by Crippen LogP contribution is -2.30. The second-order valence-corrected chi connectivity index (χ2v) is 2.63. The van der Waals surface area contributed by atoms with Gasteiger partial charge in [0.25, 0.3) is 5.69 Å². The molecule has 1 rings (SSSR count). The van der Waals surface area contributed by atoms with Crippen LogP contribution in [-0.2, 0) is 0 Å². The van der Waals surface area contributed by atoms with Crippen LogP contribution in [0.25, 0.3) is 0 Å². The van der Waals surface area contributed by atoms with Crippen molar-refractivity contribution in [3.05, 3.63) is 33.7 Å². The molecule has 0 fully saturated rings. The topological polar surface area (TPSA) is 44.0 Å². The molecule has 0 unspecified atom stereocenters. The first kappa shape index (κ1) is 7.21. The van der Waals surface area contributed by atoms with Crippen LogP contribution in [0.3, 0.4) is 0 Å². The number of rotatable bonds is 1. The molecular weight excluding hydrogens is 198 g/mol. The van der Waals surface area contributed by atoms with Gasteiger partial charge in [0, 0.05) is 6.07 Å². The highest BCUT2D eigenvalue weighted by atomic mass is 79.9. The Morgan fingerprint density at radius 3 is 2.80 bits per heavy atom. The van der Waals surface area contributed by atoms with Crippen molar-refractivity contribution in [2.24, 2.45) is 0 Å². The number of aromatic nitrogens is 1. The lowest BCUT2D eigenvalue weighted by Gasteiger charge is -1.96. The Balaban J connectivity index is 3.19. The van der Waals surface area contributed by atoms with Crippen molar-refractivity contribution in [1.82, 2.24) is 0 Å². The first-order chi connectivity index (χ1) is 4.74. The minimum Gasteiger partial charge on any atom is -0.618 e. The first-order valence-electron chi connectivity index (χ1n) is 2.58. The Labute approximate surface area is 66.0 Å². The van der Waals surface area contributed by atoms with Gasteiger partial charge in [-0.05, 0) is 22.0 Å². The number of halogens is 1. The van der Waals surface area contributed by atoms with Crippen LogP contribution in [0.1, 0.15) is 10.5 Å². The molecule has 0 saturated heterocycles. The molecule has 0 spiro atoms. The average Bonchev–Trinajstić information content (AvgIpc) is 1.88. The Morgan fingerprint density at radius 1 is 1.60 bits per heavy atom. The molecular formula is C6H4BrNO2. The van der Waals surface area contributed by atoms with Crippen LogP contribution < -0.4 is 4.73 Å². The third-order valence-corrected chi connectivity index (χ3v) is 1.50. The molecule has 0 N–H and O–H groups in total. The second-order valence-electron chi connectivity index (χ2n) is 1.72. The Kier molecular flexibility index (Phi) is 2.01. The van der Waals surface area contributed by atoms with Gasteiger partial charge in [0.2, 0.25) is 6.29 Å². The molecule has 52 valence electrons. The molecule has 1 aromatic heterocycles. The summed E-state index contributed by atoms with van der Waals surface area (Å²) >= 11 is 3.09. The molecule has 1 aromatic rings. The highest BCUT2D eigenvalue weighted by Crippen LogP contribution is 2.04. The van der Waals surface area contributed by atoms with Crippen molar-refractivity contribution in [1.29, 1.82) is 0 Å². The van der Waals surface area contributed by atoms with E-state index in [-0.39, 0.29) is 5.69 Å². The summed E-state index contributed by atoms with van der Waals surface area (Å²) < 4.78 is 1.17. The number of hydrogen-bond donors (Lipinski definition) is 0. The molecule has 3 nitrogen and oxygen atoms in total. The highest BCUT2D eigenvalue weighted by molar-refractivity contribution is 9.10. The standard InChI is InChI=1S/C6H4BrNO2/c7-5-1-2-6(4-9)8(10)3-5/h1-4H. The number of carbonyl (C=O) groups excluding carboxylic acids is 1. The van der Waals surface area contributed by atoms with Gasteiger partial charge in [-0.3, -0.25) is 4.79 Å². The summed E-state index contributed by atoms with van der Waals surface area (Å²) in [4.78, 5) is 10.1. The first-order valence-corrected chi connectivity index (χ1v) is 3.37. The van der Waals surface area contributed by atoms with Crippen molar-refractivity contribution in [2.75, 3.05) is 0 Å². The van der Waals surface area contributed by atoms with Crippen LogP contribution in [0.4, 0.5) is 0 Å². The summed E-state index contributed by atoms with van der Waals surface area (Å²) in [5.41, 5.74) is 0.114. The van der Waals surface area contributed by atoms with Crippen LogP contribution in [-0.4, -0.2) is 6.29 Å². The number of hydrogen-bond acceptors (Lipinski definition) is 2. The van der Waals surface area contributed by atoms with Crippen molar-refractivity contribution in [3.8, 4) is 0 Å². The molecule has 0 aliphatic rings. The Morgan fingerprint density at radius 2 is 2.30 bits per heavy atom. The van der Waals surface area contributed by atoms with E-state index in [2.05, 4.69) is 15.9 Å². The third kappa shape index (κ3) is 1.33. The van der Waals surface area contributed by atoms with E-state index in [1.165, 1.54) is 12.3 Å². The number of pyridine rings is 1. The van der Waals surface area contributed by atoms with Crippen LogP contribution in [0.15, 0.2) is 22.8 Å². The van der Waals surface area contributed by atoms with Gasteiger partial charge in [0.15, 0.2) is 6.20 Å². The minimum absolute atomic E-state index is 0.114. The average molecular weight is 202 g/mol. The van der Waals surface area contributed by atoms with E-state index in [1.54, 1.807) is 6.07 Å². The number of carbonyl (C=O) groups is 1. The largest absolute Gasteiger partial charge is 0.618 e. The predicted molar refractivity (Wildman–Crippen MR) is 38.5 cm³/mol. The van der Waals surface area contributed by atoms with Crippen LogP contribution >= 0.6 is 15.9 Å². The SMILES string of the molecule is O=Cc1ccc(Br)c[n+]1[O-]. The van der Waals surface area contributed by atoms with Crippen LogP contribution in [0.5, 0.6) is 0 Å². The van der Waals surface area contributed by atoms with Crippen molar-refractivity contribution in [2.45, 2.75) is 0 Å². The highest BCUT2D eigenvalue weighted by Gasteiger charge is 2.01. The summed E-state index contributed by atoms with van der Waals surface area (Å²) in [6.45, 7) is 0. The third-order valence-electron chi connectivity index (χ3n) is 1.03. The van der Waals surface area contributed by atoms with E-state index in [0.717, 1.165) is 0 Å². The summed E-state index contributed by atoms with van der Waals surface area (Å²) in [6.07, 6.45) is 1.79. The van der Waals surface area contributed by atoms with Gasteiger partial charge in [-0.1, -0.05) is 0 Å². The maximum Gasteiger partial charge on any atom is 0.256 e. The molecule has 0 aliphatic carbocycles. The molecule has 10 heavy (non-hydrogen) atoms. The normalized spacial score (nSPS) is 9.30. The molecule has 1 heterocycles. The Hall–Kier alpha value is -0.900. The zero-order valence-corrected chi connectivity index (χ0v) is 6.54. The smallest absolute Gasteiger partial charge is 0.256 e. The second kappa shape index (κ2) is 2.79. The molecule has 4 heteroatoms. The fourth-order valence-corrected chi connectivity index (χ4v) is 0.877. The monoisotopic (exact) mass is 201 g/mol. The van der Waals surface area contributed by atoms with Crippen molar-refractivity contribution >= 4 is 22.2 Å². The van der Waals surface area contributed by atoms with Gasteiger partial charge >= 0.3 is 0 Å². The molecule has 0 aromatic carbocycles. The zero-order chi connectivity index (χ0) is 7.56. The summed E-state index contributed by atoms with van der Waals surface area (Å²) in [5, 5.41) is 10.7. The number of nitrogens with zero attached hydrogens (tertiary/aromatic N) is 1. The molecule has 0 saturated carbocycles. The fourth-order valence-electron chi connectivity index (χ4n) is 0.559. The van der Waals surface area contributed by atoms with E-state index in [9.17, 15) is 10.0 Å². The van der Waals surface area contributed by atoms with Gasteiger partial charge in [-0.2, -0.15) is 4.73 Å². The lowest BCUT2D eigenvalue weighted by atomic mass is 10.4. The fraction of sp³-hybridized carbons (Fsp3) is 0. The maximum absolute atomic E-state index is 10.7. The molecule has 0 radical (unpaired) electrons. The molecule has 0 atom stereocenters. The number of aldehydes is 1. The van der Waals surface area contributed by atoms with Crippen LogP contribution in [0, 0.1) is 5.21 Å². The van der Waals surface area contributed by atoms with Crippen LogP contribution in [0.2, 0.25) is 0 Å².